The molecule has 5 nitrogen and oxygen atoms in total. The Morgan fingerprint density at radius 1 is 1.28 bits per heavy atom. The molecule has 0 aliphatic carbocycles. The number of thiazole rings is 1. The van der Waals surface area contributed by atoms with Gasteiger partial charge in [-0.05, 0) is 65.2 Å². The van der Waals surface area contributed by atoms with Crippen LogP contribution in [-0.2, 0) is 6.42 Å². The molecular weight excluding hydrogens is 453 g/mol. The first-order valence-electron chi connectivity index (χ1n) is 9.00. The van der Waals surface area contributed by atoms with E-state index in [1.807, 2.05) is 35.5 Å². The molecule has 1 aromatic carbocycles. The maximum atomic E-state index is 13.3. The number of nitriles is 1. The molecule has 0 aliphatic rings. The minimum absolute atomic E-state index is 0.320. The van der Waals surface area contributed by atoms with Gasteiger partial charge in [0.25, 0.3) is 0 Å². The summed E-state index contributed by atoms with van der Waals surface area (Å²) in [6.45, 7) is 4.09. The van der Waals surface area contributed by atoms with E-state index in [-0.39, 0.29) is 5.82 Å². The van der Waals surface area contributed by atoms with E-state index in [0.717, 1.165) is 33.6 Å². The monoisotopic (exact) mass is 469 g/mol. The first-order chi connectivity index (χ1) is 13.9. The lowest BCUT2D eigenvalue weighted by Crippen LogP contribution is -2.13. The average molecular weight is 470 g/mol. The Kier molecular flexibility index (Phi) is 5.11. The zero-order valence-electron chi connectivity index (χ0n) is 16.1. The van der Waals surface area contributed by atoms with E-state index in [9.17, 15) is 9.65 Å². The van der Waals surface area contributed by atoms with Gasteiger partial charge in [-0.1, -0.05) is 18.3 Å². The molecule has 4 aromatic rings. The van der Waals surface area contributed by atoms with Gasteiger partial charge in [0.15, 0.2) is 5.13 Å². The summed E-state index contributed by atoms with van der Waals surface area (Å²) < 4.78 is 16.3. The summed E-state index contributed by atoms with van der Waals surface area (Å²) in [6, 6.07) is 10.3. The summed E-state index contributed by atoms with van der Waals surface area (Å²) in [4.78, 5) is 12.0. The van der Waals surface area contributed by atoms with E-state index in [0.29, 0.717) is 21.3 Å². The second kappa shape index (κ2) is 7.58. The van der Waals surface area contributed by atoms with Gasteiger partial charge >= 0.3 is 0 Å². The van der Waals surface area contributed by atoms with Crippen molar-refractivity contribution in [3.05, 3.63) is 63.0 Å². The third kappa shape index (κ3) is 3.41. The molecule has 0 radical (unpaired) electrons. The molecule has 0 saturated carbocycles. The van der Waals surface area contributed by atoms with Gasteiger partial charge in [-0.2, -0.15) is 5.26 Å². The number of fused-ring (bicyclic) bond motifs is 1. The smallest absolute Gasteiger partial charge is 0.192 e. The van der Waals surface area contributed by atoms with Crippen molar-refractivity contribution >= 4 is 43.9 Å². The van der Waals surface area contributed by atoms with Crippen molar-refractivity contribution < 1.29 is 4.39 Å². The number of imidazole rings is 1. The number of pyridine rings is 1. The molecule has 0 fully saturated rings. The standard InChI is InChI=1S/C21H17BrFN5S/c1-4-16-20(28-11-14(22)9-12(2)19(28)25-16)27(3)21-26-18(17(10-24)29-21)13-5-7-15(23)8-6-13/h5-9,11H,4H2,1-3H3. The zero-order valence-corrected chi connectivity index (χ0v) is 18.5. The summed E-state index contributed by atoms with van der Waals surface area (Å²) in [5, 5.41) is 10.3. The normalized spacial score (nSPS) is 11.0. The molecule has 0 spiro atoms. The van der Waals surface area contributed by atoms with Crippen LogP contribution in [0.1, 0.15) is 23.1 Å². The van der Waals surface area contributed by atoms with Crippen molar-refractivity contribution in [1.82, 2.24) is 14.4 Å². The number of aryl methyl sites for hydroxylation is 2. The molecule has 8 heteroatoms. The van der Waals surface area contributed by atoms with E-state index in [2.05, 4.69) is 28.9 Å². The molecule has 0 N–H and O–H groups in total. The first kappa shape index (κ1) is 19.6. The molecule has 29 heavy (non-hydrogen) atoms. The highest BCUT2D eigenvalue weighted by Gasteiger charge is 2.22. The third-order valence-corrected chi connectivity index (χ3v) is 6.16. The molecule has 0 aliphatic heterocycles. The fourth-order valence-corrected chi connectivity index (χ4v) is 4.71. The van der Waals surface area contributed by atoms with Crippen LogP contribution in [0.4, 0.5) is 15.3 Å². The van der Waals surface area contributed by atoms with Crippen LogP contribution in [0.15, 0.2) is 41.0 Å². The van der Waals surface area contributed by atoms with Crippen LogP contribution >= 0.6 is 27.3 Å². The maximum absolute atomic E-state index is 13.3. The van der Waals surface area contributed by atoms with Crippen molar-refractivity contribution in [2.75, 3.05) is 11.9 Å². The fourth-order valence-electron chi connectivity index (χ4n) is 3.32. The fraction of sp³-hybridized carbons (Fsp3) is 0.190. The van der Waals surface area contributed by atoms with Crippen LogP contribution in [0.25, 0.3) is 16.9 Å². The molecule has 4 rings (SSSR count). The van der Waals surface area contributed by atoms with Crippen LogP contribution in [0.5, 0.6) is 0 Å². The van der Waals surface area contributed by atoms with E-state index >= 15 is 0 Å². The Hall–Kier alpha value is -2.76. The number of hydrogen-bond acceptors (Lipinski definition) is 5. The summed E-state index contributed by atoms with van der Waals surface area (Å²) in [7, 11) is 1.92. The van der Waals surface area contributed by atoms with Crippen molar-refractivity contribution in [1.29, 1.82) is 5.26 Å². The number of benzene rings is 1. The largest absolute Gasteiger partial charge is 0.305 e. The minimum Gasteiger partial charge on any atom is -0.305 e. The Morgan fingerprint density at radius 3 is 2.66 bits per heavy atom. The highest BCUT2D eigenvalue weighted by molar-refractivity contribution is 9.10. The lowest BCUT2D eigenvalue weighted by Gasteiger charge is -2.17. The topological polar surface area (TPSA) is 57.2 Å². The van der Waals surface area contributed by atoms with E-state index in [1.54, 1.807) is 12.1 Å². The predicted octanol–water partition coefficient (Wildman–Crippen LogP) is 5.87. The predicted molar refractivity (Wildman–Crippen MR) is 117 cm³/mol. The van der Waals surface area contributed by atoms with Gasteiger partial charge in [0.1, 0.15) is 33.9 Å². The Labute approximate surface area is 180 Å². The summed E-state index contributed by atoms with van der Waals surface area (Å²) >= 11 is 4.87. The number of anilines is 2. The Morgan fingerprint density at radius 2 is 2.00 bits per heavy atom. The molecule has 0 unspecified atom stereocenters. The zero-order chi connectivity index (χ0) is 20.7. The Bertz CT molecular complexity index is 1250. The third-order valence-electron chi connectivity index (χ3n) is 4.69. The molecule has 0 saturated heterocycles. The van der Waals surface area contributed by atoms with Crippen LogP contribution in [0, 0.1) is 24.1 Å². The quantitative estimate of drug-likeness (QED) is 0.374. The number of aromatic nitrogens is 3. The van der Waals surface area contributed by atoms with Crippen molar-refractivity contribution in [3.63, 3.8) is 0 Å². The van der Waals surface area contributed by atoms with Crippen LogP contribution < -0.4 is 4.90 Å². The summed E-state index contributed by atoms with van der Waals surface area (Å²) in [6.07, 6.45) is 2.75. The number of halogens is 2. The lowest BCUT2D eigenvalue weighted by molar-refractivity contribution is 0.628. The van der Waals surface area contributed by atoms with Crippen molar-refractivity contribution in [2.24, 2.45) is 0 Å². The van der Waals surface area contributed by atoms with Gasteiger partial charge in [0, 0.05) is 23.3 Å². The molecule has 146 valence electrons. The van der Waals surface area contributed by atoms with E-state index < -0.39 is 0 Å². The minimum atomic E-state index is -0.320. The number of nitrogens with zero attached hydrogens (tertiary/aromatic N) is 5. The molecule has 0 amide bonds. The summed E-state index contributed by atoms with van der Waals surface area (Å²) in [5.41, 5.74) is 4.18. The second-order valence-electron chi connectivity index (χ2n) is 6.62. The van der Waals surface area contributed by atoms with Gasteiger partial charge in [-0.3, -0.25) is 4.40 Å². The van der Waals surface area contributed by atoms with Gasteiger partial charge in [-0.25, -0.2) is 14.4 Å². The lowest BCUT2D eigenvalue weighted by atomic mass is 10.1. The van der Waals surface area contributed by atoms with Crippen molar-refractivity contribution in [3.8, 4) is 17.3 Å². The van der Waals surface area contributed by atoms with Crippen molar-refractivity contribution in [2.45, 2.75) is 20.3 Å². The molecule has 0 atom stereocenters. The first-order valence-corrected chi connectivity index (χ1v) is 10.6. The van der Waals surface area contributed by atoms with Gasteiger partial charge < -0.3 is 4.90 Å². The van der Waals surface area contributed by atoms with Gasteiger partial charge in [0.2, 0.25) is 0 Å². The van der Waals surface area contributed by atoms with Gasteiger partial charge in [-0.15, -0.1) is 0 Å². The second-order valence-corrected chi connectivity index (χ2v) is 8.52. The van der Waals surface area contributed by atoms with Crippen LogP contribution in [0.3, 0.4) is 0 Å². The molecule has 3 aromatic heterocycles. The number of hydrogen-bond donors (Lipinski definition) is 0. The summed E-state index contributed by atoms with van der Waals surface area (Å²) in [5.74, 6) is 0.592. The highest BCUT2D eigenvalue weighted by Crippen LogP contribution is 2.37. The molecular formula is C21H17BrFN5S. The van der Waals surface area contributed by atoms with Crippen LogP contribution in [0.2, 0.25) is 0 Å². The number of rotatable bonds is 4. The van der Waals surface area contributed by atoms with Gasteiger partial charge in [0.05, 0.1) is 5.69 Å². The van der Waals surface area contributed by atoms with Crippen LogP contribution in [-0.4, -0.2) is 21.4 Å². The van der Waals surface area contributed by atoms with E-state index in [1.165, 1.54) is 23.5 Å². The van der Waals surface area contributed by atoms with E-state index in [4.69, 9.17) is 9.97 Å². The highest BCUT2D eigenvalue weighted by atomic mass is 79.9. The SMILES string of the molecule is CCc1nc2c(C)cc(Br)cn2c1N(C)c1nc(-c2ccc(F)cc2)c(C#N)s1. The molecule has 0 bridgehead atoms. The maximum Gasteiger partial charge on any atom is 0.192 e. The molecule has 3 heterocycles. The average Bonchev–Trinajstić information content (AvgIpc) is 3.29. The Balaban J connectivity index is 1.87.